The standard InChI is InChI=1S/C19H20N4OS3/c1-3-10-23(12-15-8-6-11-25-15)17(24)13-26-19-22-21-18(27-19)20-16-9-5-4-7-14(16)2/h3-9,11H,1,10,12-13H2,2H3,(H,20,21). The zero-order valence-electron chi connectivity index (χ0n) is 14.9. The minimum absolute atomic E-state index is 0.0666. The minimum atomic E-state index is 0.0666. The van der Waals surface area contributed by atoms with Crippen molar-refractivity contribution in [1.29, 1.82) is 0 Å². The quantitative estimate of drug-likeness (QED) is 0.395. The average molecular weight is 417 g/mol. The predicted molar refractivity (Wildman–Crippen MR) is 115 cm³/mol. The fourth-order valence-electron chi connectivity index (χ4n) is 2.36. The van der Waals surface area contributed by atoms with Crippen LogP contribution in [0, 0.1) is 6.92 Å². The number of nitrogens with zero attached hydrogens (tertiary/aromatic N) is 3. The normalized spacial score (nSPS) is 10.6. The second-order valence-electron chi connectivity index (χ2n) is 5.74. The SMILES string of the molecule is C=CCN(Cc1cccs1)C(=O)CSc1nnc(Nc2ccccc2C)s1. The van der Waals surface area contributed by atoms with Crippen LogP contribution in [-0.2, 0) is 11.3 Å². The molecule has 1 amide bonds. The Bertz CT molecular complexity index is 892. The first-order valence-electron chi connectivity index (χ1n) is 8.35. The van der Waals surface area contributed by atoms with Crippen molar-refractivity contribution in [2.24, 2.45) is 0 Å². The number of aromatic nitrogens is 2. The largest absolute Gasteiger partial charge is 0.333 e. The molecule has 27 heavy (non-hydrogen) atoms. The van der Waals surface area contributed by atoms with E-state index in [9.17, 15) is 4.79 Å². The highest BCUT2D eigenvalue weighted by Gasteiger charge is 2.15. The maximum atomic E-state index is 12.6. The van der Waals surface area contributed by atoms with Crippen molar-refractivity contribution in [2.75, 3.05) is 17.6 Å². The smallest absolute Gasteiger partial charge is 0.233 e. The number of benzene rings is 1. The van der Waals surface area contributed by atoms with Crippen molar-refractivity contribution in [3.8, 4) is 0 Å². The molecule has 0 aliphatic rings. The molecule has 0 unspecified atom stereocenters. The molecule has 0 saturated heterocycles. The van der Waals surface area contributed by atoms with Crippen LogP contribution in [0.25, 0.3) is 0 Å². The number of carbonyl (C=O) groups excluding carboxylic acids is 1. The lowest BCUT2D eigenvalue weighted by Crippen LogP contribution is -2.31. The fraction of sp³-hybridized carbons (Fsp3) is 0.211. The van der Waals surface area contributed by atoms with Crippen LogP contribution in [0.15, 0.2) is 58.8 Å². The summed E-state index contributed by atoms with van der Waals surface area (Å²) in [6.45, 7) is 6.94. The van der Waals surface area contributed by atoms with Crippen molar-refractivity contribution >= 4 is 51.2 Å². The Hall–Kier alpha value is -2.16. The third kappa shape index (κ3) is 5.66. The topological polar surface area (TPSA) is 58.1 Å². The second-order valence-corrected chi connectivity index (χ2v) is 8.98. The summed E-state index contributed by atoms with van der Waals surface area (Å²) in [6, 6.07) is 12.1. The van der Waals surface area contributed by atoms with E-state index in [1.165, 1.54) is 23.1 Å². The maximum Gasteiger partial charge on any atom is 0.233 e. The van der Waals surface area contributed by atoms with Gasteiger partial charge in [0, 0.05) is 17.1 Å². The average Bonchev–Trinajstić information content (AvgIpc) is 3.33. The van der Waals surface area contributed by atoms with Gasteiger partial charge in [0.15, 0.2) is 4.34 Å². The van der Waals surface area contributed by atoms with E-state index in [4.69, 9.17) is 0 Å². The first kappa shape index (κ1) is 19.6. The van der Waals surface area contributed by atoms with Crippen molar-refractivity contribution in [3.05, 3.63) is 64.9 Å². The Labute approximate surface area is 171 Å². The lowest BCUT2D eigenvalue weighted by Gasteiger charge is -2.19. The minimum Gasteiger partial charge on any atom is -0.333 e. The Morgan fingerprint density at radius 2 is 2.15 bits per heavy atom. The highest BCUT2D eigenvalue weighted by Crippen LogP contribution is 2.29. The summed E-state index contributed by atoms with van der Waals surface area (Å²) in [7, 11) is 0. The van der Waals surface area contributed by atoms with E-state index in [1.807, 2.05) is 48.7 Å². The summed E-state index contributed by atoms with van der Waals surface area (Å²) in [5, 5.41) is 14.4. The van der Waals surface area contributed by atoms with Crippen LogP contribution in [-0.4, -0.2) is 33.3 Å². The zero-order valence-corrected chi connectivity index (χ0v) is 17.4. The Morgan fingerprint density at radius 1 is 1.30 bits per heavy atom. The van der Waals surface area contributed by atoms with Crippen LogP contribution in [0.5, 0.6) is 0 Å². The van der Waals surface area contributed by atoms with Crippen molar-refractivity contribution < 1.29 is 4.79 Å². The molecule has 2 heterocycles. The van der Waals surface area contributed by atoms with Gasteiger partial charge < -0.3 is 10.2 Å². The molecule has 2 aromatic heterocycles. The number of aryl methyl sites for hydroxylation is 1. The Balaban J connectivity index is 1.56. The van der Waals surface area contributed by atoms with Crippen molar-refractivity contribution in [2.45, 2.75) is 17.8 Å². The molecule has 0 spiro atoms. The van der Waals surface area contributed by atoms with E-state index in [-0.39, 0.29) is 5.91 Å². The third-order valence-corrected chi connectivity index (χ3v) is 6.56. The van der Waals surface area contributed by atoms with Gasteiger partial charge in [0.05, 0.1) is 12.3 Å². The number of nitrogens with one attached hydrogen (secondary N) is 1. The number of carbonyl (C=O) groups is 1. The van der Waals surface area contributed by atoms with Gasteiger partial charge in [-0.1, -0.05) is 53.4 Å². The molecule has 1 N–H and O–H groups in total. The van der Waals surface area contributed by atoms with E-state index >= 15 is 0 Å². The van der Waals surface area contributed by atoms with Crippen LogP contribution in [0.2, 0.25) is 0 Å². The lowest BCUT2D eigenvalue weighted by atomic mass is 10.2. The highest BCUT2D eigenvalue weighted by atomic mass is 32.2. The van der Waals surface area contributed by atoms with Crippen LogP contribution < -0.4 is 5.32 Å². The zero-order chi connectivity index (χ0) is 19.1. The van der Waals surface area contributed by atoms with E-state index in [1.54, 1.807) is 22.3 Å². The number of thiophene rings is 1. The van der Waals surface area contributed by atoms with Crippen LogP contribution >= 0.6 is 34.4 Å². The molecule has 1 aromatic carbocycles. The molecule has 0 aliphatic heterocycles. The summed E-state index contributed by atoms with van der Waals surface area (Å²) in [4.78, 5) is 15.5. The van der Waals surface area contributed by atoms with Crippen LogP contribution in [0.3, 0.4) is 0 Å². The number of amides is 1. The molecule has 0 radical (unpaired) electrons. The predicted octanol–water partition coefficient (Wildman–Crippen LogP) is 4.96. The summed E-state index contributed by atoms with van der Waals surface area (Å²) in [5.74, 6) is 0.398. The van der Waals surface area contributed by atoms with Gasteiger partial charge in [-0.3, -0.25) is 4.79 Å². The molecule has 140 valence electrons. The molecular weight excluding hydrogens is 396 g/mol. The van der Waals surface area contributed by atoms with E-state index in [2.05, 4.69) is 22.1 Å². The number of hydrogen-bond acceptors (Lipinski definition) is 7. The first-order chi connectivity index (χ1) is 13.2. The van der Waals surface area contributed by atoms with Gasteiger partial charge >= 0.3 is 0 Å². The van der Waals surface area contributed by atoms with Gasteiger partial charge in [0.2, 0.25) is 11.0 Å². The Kier molecular flexibility index (Phi) is 7.03. The van der Waals surface area contributed by atoms with Gasteiger partial charge in [-0.25, -0.2) is 0 Å². The molecule has 0 saturated carbocycles. The molecule has 5 nitrogen and oxygen atoms in total. The monoisotopic (exact) mass is 416 g/mol. The summed E-state index contributed by atoms with van der Waals surface area (Å²) >= 11 is 4.51. The number of thioether (sulfide) groups is 1. The number of anilines is 2. The van der Waals surface area contributed by atoms with Crippen molar-refractivity contribution in [3.63, 3.8) is 0 Å². The van der Waals surface area contributed by atoms with E-state index < -0.39 is 0 Å². The summed E-state index contributed by atoms with van der Waals surface area (Å²) < 4.78 is 0.772. The van der Waals surface area contributed by atoms with E-state index in [0.717, 1.165) is 25.6 Å². The van der Waals surface area contributed by atoms with Gasteiger partial charge in [0.1, 0.15) is 0 Å². The first-order valence-corrected chi connectivity index (χ1v) is 11.0. The second kappa shape index (κ2) is 9.68. The van der Waals surface area contributed by atoms with Gasteiger partial charge in [0.25, 0.3) is 0 Å². The number of para-hydroxylation sites is 1. The maximum absolute atomic E-state index is 12.6. The van der Waals surface area contributed by atoms with Gasteiger partial charge in [-0.05, 0) is 30.0 Å². The molecule has 3 aromatic rings. The fourth-order valence-corrected chi connectivity index (χ4v) is 4.75. The summed E-state index contributed by atoms with van der Waals surface area (Å²) in [6.07, 6.45) is 1.76. The Morgan fingerprint density at radius 3 is 2.89 bits per heavy atom. The molecular formula is C19H20N4OS3. The lowest BCUT2D eigenvalue weighted by molar-refractivity contribution is -0.128. The summed E-state index contributed by atoms with van der Waals surface area (Å²) in [5.41, 5.74) is 2.15. The van der Waals surface area contributed by atoms with Gasteiger partial charge in [-0.15, -0.1) is 28.1 Å². The molecule has 3 rings (SSSR count). The molecule has 0 fully saturated rings. The van der Waals surface area contributed by atoms with E-state index in [0.29, 0.717) is 18.8 Å². The molecule has 0 bridgehead atoms. The van der Waals surface area contributed by atoms with Crippen molar-refractivity contribution in [1.82, 2.24) is 15.1 Å². The molecule has 8 heteroatoms. The number of rotatable bonds is 9. The highest BCUT2D eigenvalue weighted by molar-refractivity contribution is 8.01. The molecule has 0 aliphatic carbocycles. The number of hydrogen-bond donors (Lipinski definition) is 1. The van der Waals surface area contributed by atoms with Gasteiger partial charge in [-0.2, -0.15) is 0 Å². The van der Waals surface area contributed by atoms with Crippen LogP contribution in [0.1, 0.15) is 10.4 Å². The van der Waals surface area contributed by atoms with Crippen LogP contribution in [0.4, 0.5) is 10.8 Å². The third-order valence-electron chi connectivity index (χ3n) is 3.74. The molecule has 0 atom stereocenters.